The van der Waals surface area contributed by atoms with Crippen LogP contribution in [0.5, 0.6) is 11.5 Å². The van der Waals surface area contributed by atoms with Crippen LogP contribution in [-0.4, -0.2) is 17.9 Å². The van der Waals surface area contributed by atoms with Crippen LogP contribution in [0.4, 0.5) is 0 Å². The van der Waals surface area contributed by atoms with Gasteiger partial charge in [-0.1, -0.05) is 18.5 Å². The fraction of sp³-hybridized carbons (Fsp3) is 0.417. The Labute approximate surface area is 104 Å². The average molecular weight is 257 g/mol. The minimum absolute atomic E-state index is 0.185. The van der Waals surface area contributed by atoms with Crippen LogP contribution < -0.4 is 9.47 Å². The summed E-state index contributed by atoms with van der Waals surface area (Å²) in [7, 11) is 0. The van der Waals surface area contributed by atoms with E-state index >= 15 is 0 Å². The van der Waals surface area contributed by atoms with E-state index in [-0.39, 0.29) is 6.79 Å². The van der Waals surface area contributed by atoms with E-state index in [1.165, 1.54) is 0 Å². The van der Waals surface area contributed by atoms with Gasteiger partial charge < -0.3 is 14.6 Å². The zero-order valence-corrected chi connectivity index (χ0v) is 10.4. The molecule has 1 N–H and O–H groups in total. The number of aliphatic carboxylic acids is 1. The van der Waals surface area contributed by atoms with Crippen LogP contribution in [-0.2, 0) is 11.2 Å². The third-order valence-electron chi connectivity index (χ3n) is 2.85. The lowest BCUT2D eigenvalue weighted by Gasteiger charge is -2.12. The van der Waals surface area contributed by atoms with Crippen molar-refractivity contribution in [2.45, 2.75) is 20.3 Å². The van der Waals surface area contributed by atoms with Crippen LogP contribution >= 0.6 is 11.6 Å². The van der Waals surface area contributed by atoms with Crippen molar-refractivity contribution in [2.24, 2.45) is 5.92 Å². The summed E-state index contributed by atoms with van der Waals surface area (Å²) in [6.45, 7) is 3.67. The number of benzene rings is 1. The fourth-order valence-electron chi connectivity index (χ4n) is 1.82. The van der Waals surface area contributed by atoms with Gasteiger partial charge in [0.2, 0.25) is 6.79 Å². The quantitative estimate of drug-likeness (QED) is 0.903. The molecule has 2 rings (SSSR count). The summed E-state index contributed by atoms with van der Waals surface area (Å²) in [5, 5.41) is 9.46. The smallest absolute Gasteiger partial charge is 0.306 e. The first kappa shape index (κ1) is 12.0. The van der Waals surface area contributed by atoms with Crippen LogP contribution in [0.1, 0.15) is 18.1 Å². The third-order valence-corrected chi connectivity index (χ3v) is 3.37. The second-order valence-electron chi connectivity index (χ2n) is 4.15. The first-order valence-corrected chi connectivity index (χ1v) is 5.69. The van der Waals surface area contributed by atoms with Crippen molar-refractivity contribution in [3.63, 3.8) is 0 Å². The summed E-state index contributed by atoms with van der Waals surface area (Å²) in [4.78, 5) is 10.8. The molecule has 1 unspecified atom stereocenters. The van der Waals surface area contributed by atoms with E-state index in [9.17, 15) is 4.79 Å². The molecule has 17 heavy (non-hydrogen) atoms. The molecule has 92 valence electrons. The molecule has 4 nitrogen and oxygen atoms in total. The van der Waals surface area contributed by atoms with E-state index in [2.05, 4.69) is 0 Å². The van der Waals surface area contributed by atoms with Gasteiger partial charge in [0.15, 0.2) is 11.5 Å². The van der Waals surface area contributed by atoms with Gasteiger partial charge in [-0.25, -0.2) is 0 Å². The van der Waals surface area contributed by atoms with Gasteiger partial charge in [0, 0.05) is 5.56 Å². The molecule has 0 spiro atoms. The molecular weight excluding hydrogens is 244 g/mol. The molecule has 0 radical (unpaired) electrons. The summed E-state index contributed by atoms with van der Waals surface area (Å²) in [5.74, 6) is -0.0233. The predicted molar refractivity (Wildman–Crippen MR) is 62.8 cm³/mol. The number of hydrogen-bond acceptors (Lipinski definition) is 3. The van der Waals surface area contributed by atoms with Gasteiger partial charge in [0.1, 0.15) is 0 Å². The van der Waals surface area contributed by atoms with Gasteiger partial charge in [-0.3, -0.25) is 4.79 Å². The molecule has 0 amide bonds. The number of carboxylic acids is 1. The van der Waals surface area contributed by atoms with Crippen molar-refractivity contribution in [3.8, 4) is 11.5 Å². The Kier molecular flexibility index (Phi) is 3.15. The summed E-state index contributed by atoms with van der Waals surface area (Å²) in [6.07, 6.45) is 0.381. The lowest BCUT2D eigenvalue weighted by atomic mass is 9.99. The van der Waals surface area contributed by atoms with Crippen LogP contribution in [0.2, 0.25) is 5.02 Å². The second-order valence-corrected chi connectivity index (χ2v) is 4.53. The maximum Gasteiger partial charge on any atom is 0.306 e. The molecule has 0 fully saturated rings. The molecule has 1 heterocycles. The van der Waals surface area contributed by atoms with Crippen LogP contribution in [0, 0.1) is 12.8 Å². The normalized spacial score (nSPS) is 14.8. The Hall–Kier alpha value is -1.42. The number of rotatable bonds is 3. The van der Waals surface area contributed by atoms with Gasteiger partial charge in [0.05, 0.1) is 10.9 Å². The number of fused-ring (bicyclic) bond motifs is 1. The highest BCUT2D eigenvalue weighted by molar-refractivity contribution is 6.32. The van der Waals surface area contributed by atoms with E-state index in [1.54, 1.807) is 13.0 Å². The highest BCUT2D eigenvalue weighted by Crippen LogP contribution is 2.41. The van der Waals surface area contributed by atoms with Gasteiger partial charge in [-0.05, 0) is 25.0 Å². The van der Waals surface area contributed by atoms with E-state index < -0.39 is 11.9 Å². The van der Waals surface area contributed by atoms with Gasteiger partial charge in [-0.15, -0.1) is 0 Å². The molecule has 1 aliphatic heterocycles. The Morgan fingerprint density at radius 3 is 2.94 bits per heavy atom. The lowest BCUT2D eigenvalue weighted by Crippen LogP contribution is -2.12. The Bertz CT molecular complexity index is 470. The third kappa shape index (κ3) is 2.17. The van der Waals surface area contributed by atoms with Gasteiger partial charge in [-0.2, -0.15) is 0 Å². The molecule has 5 heteroatoms. The molecule has 0 aliphatic carbocycles. The molecule has 1 atom stereocenters. The topological polar surface area (TPSA) is 55.8 Å². The van der Waals surface area contributed by atoms with Crippen molar-refractivity contribution in [3.05, 3.63) is 22.2 Å². The lowest BCUT2D eigenvalue weighted by molar-refractivity contribution is -0.141. The number of carboxylic acid groups (broad SMARTS) is 1. The molecule has 0 aromatic heterocycles. The van der Waals surface area contributed by atoms with Crippen LogP contribution in [0.25, 0.3) is 0 Å². The fourth-order valence-corrected chi connectivity index (χ4v) is 2.03. The SMILES string of the molecule is Cc1c(Cl)c(CC(C)C(=O)O)cc2c1OCO2. The zero-order chi connectivity index (χ0) is 12.6. The Morgan fingerprint density at radius 1 is 1.59 bits per heavy atom. The van der Waals surface area contributed by atoms with Crippen LogP contribution in [0.3, 0.4) is 0 Å². The first-order chi connectivity index (χ1) is 8.00. The first-order valence-electron chi connectivity index (χ1n) is 5.31. The maximum atomic E-state index is 10.8. The standard InChI is InChI=1S/C12H13ClO4/c1-6(12(14)15)3-8-4-9-11(17-5-16-9)7(2)10(8)13/h4,6H,3,5H2,1-2H3,(H,14,15). The molecule has 1 aromatic carbocycles. The van der Waals surface area contributed by atoms with E-state index in [0.717, 1.165) is 11.1 Å². The minimum Gasteiger partial charge on any atom is -0.481 e. The number of halogens is 1. The summed E-state index contributed by atoms with van der Waals surface area (Å²) < 4.78 is 10.6. The van der Waals surface area contributed by atoms with Crippen molar-refractivity contribution < 1.29 is 19.4 Å². The van der Waals surface area contributed by atoms with Crippen molar-refractivity contribution >= 4 is 17.6 Å². The summed E-state index contributed by atoms with van der Waals surface area (Å²) in [5.41, 5.74) is 1.58. The molecular formula is C12H13ClO4. The number of carbonyl (C=O) groups is 1. The highest BCUT2D eigenvalue weighted by atomic mass is 35.5. The number of ether oxygens (including phenoxy) is 2. The zero-order valence-electron chi connectivity index (χ0n) is 9.62. The Morgan fingerprint density at radius 2 is 2.29 bits per heavy atom. The second kappa shape index (κ2) is 4.45. The molecule has 0 saturated carbocycles. The minimum atomic E-state index is -0.837. The van der Waals surface area contributed by atoms with Gasteiger partial charge >= 0.3 is 5.97 Å². The molecule has 1 aliphatic rings. The summed E-state index contributed by atoms with van der Waals surface area (Å²) >= 11 is 6.20. The molecule has 0 saturated heterocycles. The van der Waals surface area contributed by atoms with Crippen molar-refractivity contribution in [1.82, 2.24) is 0 Å². The van der Waals surface area contributed by atoms with Crippen molar-refractivity contribution in [2.75, 3.05) is 6.79 Å². The van der Waals surface area contributed by atoms with E-state index in [1.807, 2.05) is 6.92 Å². The average Bonchev–Trinajstić information content (AvgIpc) is 2.73. The van der Waals surface area contributed by atoms with Gasteiger partial charge in [0.25, 0.3) is 0 Å². The monoisotopic (exact) mass is 256 g/mol. The summed E-state index contributed by atoms with van der Waals surface area (Å²) in [6, 6.07) is 1.76. The van der Waals surface area contributed by atoms with E-state index in [4.69, 9.17) is 26.2 Å². The Balaban J connectivity index is 2.36. The number of hydrogen-bond donors (Lipinski definition) is 1. The predicted octanol–water partition coefficient (Wildman–Crippen LogP) is 2.64. The largest absolute Gasteiger partial charge is 0.481 e. The highest BCUT2D eigenvalue weighted by Gasteiger charge is 2.23. The van der Waals surface area contributed by atoms with E-state index in [0.29, 0.717) is 22.9 Å². The molecule has 0 bridgehead atoms. The van der Waals surface area contributed by atoms with Crippen molar-refractivity contribution in [1.29, 1.82) is 0 Å². The maximum absolute atomic E-state index is 10.8. The van der Waals surface area contributed by atoms with Crippen LogP contribution in [0.15, 0.2) is 6.07 Å². The molecule has 1 aromatic rings.